The highest BCUT2D eigenvalue weighted by Gasteiger charge is 2.49. The molecule has 0 aromatic carbocycles. The van der Waals surface area contributed by atoms with Gasteiger partial charge in [0.25, 0.3) is 0 Å². The molecule has 2 rings (SSSR count). The number of aliphatic hydroxyl groups is 8. The molecular weight excluding hydrogens is 900 g/mol. The molecule has 0 aromatic rings. The Kier molecular flexibility index (Phi) is 32.6. The third-order valence-electron chi connectivity index (χ3n) is 12.1. The van der Waals surface area contributed by atoms with Gasteiger partial charge in [-0.2, -0.15) is 0 Å². The monoisotopic (exact) mass is 985 g/mol. The smallest absolute Gasteiger partial charge is 0.462 e. The van der Waals surface area contributed by atoms with Crippen LogP contribution < -0.4 is 0 Å². The number of unbranched alkanes of at least 4 members (excludes halogenated alkanes) is 5. The molecule has 1 saturated carbocycles. The van der Waals surface area contributed by atoms with Gasteiger partial charge in [-0.25, -0.2) is 4.57 Å². The number of hydrogen-bond acceptors (Lipinski definition) is 15. The molecule has 1 aliphatic heterocycles. The Hall–Kier alpha value is -2.83. The number of cyclic esters (lactones) is 1. The van der Waals surface area contributed by atoms with Gasteiger partial charge in [0.05, 0.1) is 37.1 Å². The average Bonchev–Trinajstić information content (AvgIpc) is 3.31. The van der Waals surface area contributed by atoms with E-state index in [-0.39, 0.29) is 19.3 Å². The van der Waals surface area contributed by atoms with Crippen LogP contribution in [0.2, 0.25) is 0 Å². The standard InChI is InChI=1S/C51H85O16P/c1-3-5-7-8-9-10-11-12-13-14-15-16-17-18-19-20-21-22-28-32-45(56)66-39-36-64-44(55)31-27-24-23-26-30-40-42(53)35-43(54)41(34-33-38(52)29-25-6-4-2)47(58)49(60)51(50(61)48(59)46(40)57)67-68(62,63)65-37-39/h5,7,9-10,12-13,15-16,18-19,33-34,38-43,46-54,57-61H,3-4,6,8,11,14,17,20-32,35-37H2,1-2H3,(H,62,63)/b7-5-,10-9-,13-12-,16-15-,19-18-,34-33+/t38-,39+,40-,41-,42-,43+,46+,47+,48-,49+,50+,51+/m0/s1. The maximum Gasteiger partial charge on any atom is 0.472 e. The zero-order chi connectivity index (χ0) is 50.2. The Labute approximate surface area is 404 Å². The summed E-state index contributed by atoms with van der Waals surface area (Å²) in [5.74, 6) is -3.95. The fraction of sp³-hybridized carbons (Fsp3) is 0.725. The third kappa shape index (κ3) is 25.9. The summed E-state index contributed by atoms with van der Waals surface area (Å²) in [5, 5.41) is 90.3. The Balaban J connectivity index is 2.13. The molecule has 0 amide bonds. The normalized spacial score (nSPS) is 32.0. The zero-order valence-corrected chi connectivity index (χ0v) is 41.3. The number of esters is 2. The highest BCUT2D eigenvalue weighted by molar-refractivity contribution is 7.47. The van der Waals surface area contributed by atoms with Crippen molar-refractivity contribution in [1.29, 1.82) is 0 Å². The number of rotatable bonds is 22. The van der Waals surface area contributed by atoms with Crippen LogP contribution in [0, 0.1) is 11.8 Å². The van der Waals surface area contributed by atoms with Gasteiger partial charge in [-0.15, -0.1) is 0 Å². The number of carbonyl (C=O) groups excluding carboxylic acids is 2. The molecule has 1 saturated heterocycles. The molecule has 0 radical (unpaired) electrons. The number of aliphatic hydroxyl groups excluding tert-OH is 8. The molecule has 1 aliphatic carbocycles. The molecule has 1 unspecified atom stereocenters. The van der Waals surface area contributed by atoms with E-state index >= 15 is 0 Å². The number of phosphoric ester groups is 1. The fourth-order valence-electron chi connectivity index (χ4n) is 8.05. The van der Waals surface area contributed by atoms with Crippen LogP contribution in [0.4, 0.5) is 0 Å². The molecule has 68 heavy (non-hydrogen) atoms. The Bertz CT molecular complexity index is 1600. The zero-order valence-electron chi connectivity index (χ0n) is 40.4. The molecule has 2 aliphatic rings. The first kappa shape index (κ1) is 61.3. The number of ether oxygens (including phenoxy) is 2. The molecule has 13 atom stereocenters. The maximum atomic E-state index is 13.6. The summed E-state index contributed by atoms with van der Waals surface area (Å²) in [6.45, 7) is 2.71. The van der Waals surface area contributed by atoms with Crippen molar-refractivity contribution < 1.29 is 78.4 Å². The number of hydrogen-bond donors (Lipinski definition) is 9. The molecule has 16 nitrogen and oxygen atoms in total. The summed E-state index contributed by atoms with van der Waals surface area (Å²) in [6, 6.07) is 0. The first-order valence-electron chi connectivity index (χ1n) is 25.0. The van der Waals surface area contributed by atoms with E-state index in [1.165, 1.54) is 12.2 Å². The predicted octanol–water partition coefficient (Wildman–Crippen LogP) is 6.66. The van der Waals surface area contributed by atoms with Crippen molar-refractivity contribution in [3.8, 4) is 0 Å². The van der Waals surface area contributed by atoms with Crippen LogP contribution in [0.1, 0.15) is 149 Å². The van der Waals surface area contributed by atoms with Gasteiger partial charge in [-0.1, -0.05) is 132 Å². The highest BCUT2D eigenvalue weighted by atomic mass is 31.2. The van der Waals surface area contributed by atoms with E-state index in [9.17, 15) is 59.9 Å². The van der Waals surface area contributed by atoms with Gasteiger partial charge in [-0.3, -0.25) is 18.6 Å². The van der Waals surface area contributed by atoms with Gasteiger partial charge < -0.3 is 55.2 Å². The predicted molar refractivity (Wildman–Crippen MR) is 260 cm³/mol. The van der Waals surface area contributed by atoms with E-state index in [2.05, 4.69) is 67.7 Å². The van der Waals surface area contributed by atoms with Crippen LogP contribution in [0.3, 0.4) is 0 Å². The van der Waals surface area contributed by atoms with Crippen LogP contribution in [0.15, 0.2) is 72.9 Å². The second-order valence-electron chi connectivity index (χ2n) is 17.9. The summed E-state index contributed by atoms with van der Waals surface area (Å²) < 4.78 is 34.8. The number of carbonyl (C=O) groups is 2. The molecule has 2 bridgehead atoms. The topological polar surface area (TPSA) is 270 Å². The van der Waals surface area contributed by atoms with Crippen molar-refractivity contribution in [2.45, 2.75) is 210 Å². The molecule has 9 N–H and O–H groups in total. The maximum absolute atomic E-state index is 13.6. The summed E-state index contributed by atoms with van der Waals surface area (Å²) in [5.41, 5.74) is 0. The highest BCUT2D eigenvalue weighted by Crippen LogP contribution is 2.47. The van der Waals surface area contributed by atoms with Gasteiger partial charge >= 0.3 is 19.8 Å². The van der Waals surface area contributed by atoms with Gasteiger partial charge in [0, 0.05) is 31.1 Å². The van der Waals surface area contributed by atoms with Gasteiger partial charge in [-0.05, 0) is 70.6 Å². The van der Waals surface area contributed by atoms with E-state index in [1.807, 2.05) is 6.92 Å². The summed E-state index contributed by atoms with van der Waals surface area (Å²) >= 11 is 0. The van der Waals surface area contributed by atoms with Gasteiger partial charge in [0.1, 0.15) is 31.0 Å². The van der Waals surface area contributed by atoms with E-state index in [0.29, 0.717) is 51.4 Å². The minimum Gasteiger partial charge on any atom is -0.462 e. The second-order valence-corrected chi connectivity index (χ2v) is 19.3. The van der Waals surface area contributed by atoms with E-state index in [4.69, 9.17) is 18.5 Å². The lowest BCUT2D eigenvalue weighted by Gasteiger charge is -2.37. The van der Waals surface area contributed by atoms with Crippen molar-refractivity contribution in [2.24, 2.45) is 11.8 Å². The van der Waals surface area contributed by atoms with Crippen LogP contribution in [-0.2, 0) is 32.7 Å². The van der Waals surface area contributed by atoms with Crippen LogP contribution in [0.5, 0.6) is 0 Å². The van der Waals surface area contributed by atoms with Crippen molar-refractivity contribution in [3.63, 3.8) is 0 Å². The quantitative estimate of drug-likeness (QED) is 0.0238. The average molecular weight is 985 g/mol. The van der Waals surface area contributed by atoms with Crippen molar-refractivity contribution in [1.82, 2.24) is 0 Å². The summed E-state index contributed by atoms with van der Waals surface area (Å²) in [4.78, 5) is 36.6. The first-order valence-corrected chi connectivity index (χ1v) is 26.5. The second kappa shape index (κ2) is 36.1. The van der Waals surface area contributed by atoms with Gasteiger partial charge in [0.15, 0.2) is 6.10 Å². The lowest BCUT2D eigenvalue weighted by Crippen LogP contribution is -2.55. The first-order chi connectivity index (χ1) is 32.6. The minimum absolute atomic E-state index is 0.00308. The van der Waals surface area contributed by atoms with E-state index in [0.717, 1.165) is 57.8 Å². The van der Waals surface area contributed by atoms with Crippen LogP contribution >= 0.6 is 7.82 Å². The largest absolute Gasteiger partial charge is 0.472 e. The number of allylic oxidation sites excluding steroid dienone is 10. The summed E-state index contributed by atoms with van der Waals surface area (Å²) in [6.07, 6.45) is 16.6. The molecular formula is C51H85O16P. The van der Waals surface area contributed by atoms with E-state index in [1.54, 1.807) is 0 Å². The number of phosphoric acid groups is 1. The third-order valence-corrected chi connectivity index (χ3v) is 13.1. The molecule has 390 valence electrons. The van der Waals surface area contributed by atoms with Crippen LogP contribution in [0.25, 0.3) is 0 Å². The van der Waals surface area contributed by atoms with Crippen molar-refractivity contribution in [3.05, 3.63) is 72.9 Å². The molecule has 1 heterocycles. The Morgan fingerprint density at radius 1 is 0.721 bits per heavy atom. The molecule has 0 spiro atoms. The minimum atomic E-state index is -5.45. The molecule has 2 fully saturated rings. The molecule has 0 aromatic heterocycles. The fourth-order valence-corrected chi connectivity index (χ4v) is 9.03. The lowest BCUT2D eigenvalue weighted by molar-refractivity contribution is -0.167. The summed E-state index contributed by atoms with van der Waals surface area (Å²) in [7, 11) is -5.45. The Morgan fingerprint density at radius 2 is 1.34 bits per heavy atom. The van der Waals surface area contributed by atoms with Gasteiger partial charge in [0.2, 0.25) is 0 Å². The lowest BCUT2D eigenvalue weighted by atomic mass is 9.82. The van der Waals surface area contributed by atoms with Crippen molar-refractivity contribution in [2.75, 3.05) is 13.2 Å². The molecule has 17 heteroatoms. The Morgan fingerprint density at radius 3 is 1.99 bits per heavy atom. The SMILES string of the molecule is CC/C=C\C/C=C\C/C=C\C/C=C\C/C=C\CCCCCC(=O)O[C@@H]1COC(=O)CCCCCC[C@@H]2[C@@H](O)[C@H](O)[C@@H](O)[C@H](OP(=O)(O)OC1)[C@H](O)[C@H](O)[C@@H](/C=C/[C@@H](O)CCCCC)[C@H](O)C[C@@H]2O. The van der Waals surface area contributed by atoms with Crippen molar-refractivity contribution >= 4 is 19.8 Å². The number of fused-ring (bicyclic) bond motifs is 4. The van der Waals surface area contributed by atoms with Crippen LogP contribution in [-0.4, -0.2) is 132 Å². The van der Waals surface area contributed by atoms with E-state index < -0.39 is 112 Å².